The normalized spacial score (nSPS) is 17.9. The van der Waals surface area contributed by atoms with Crippen LogP contribution in [0.3, 0.4) is 0 Å². The second kappa shape index (κ2) is 14.5. The van der Waals surface area contributed by atoms with Crippen molar-refractivity contribution in [3.63, 3.8) is 0 Å². The number of pyridine rings is 1. The first-order valence-electron chi connectivity index (χ1n) is 11.7. The number of anilines is 1. The molecule has 2 aliphatic rings. The number of thioether (sulfide) groups is 3. The predicted molar refractivity (Wildman–Crippen MR) is 155 cm³/mol. The van der Waals surface area contributed by atoms with Crippen LogP contribution in [0.25, 0.3) is 0 Å². The Balaban J connectivity index is 0.00000442. The Morgan fingerprint density at radius 2 is 1.98 bits per heavy atom. The molecule has 226 valence electrons. The zero-order valence-corrected chi connectivity index (χ0v) is 28.6. The molecule has 23 heteroatoms. The molecule has 0 unspecified atom stereocenters. The van der Waals surface area contributed by atoms with Gasteiger partial charge in [-0.25, -0.2) is 0 Å². The fourth-order valence-electron chi connectivity index (χ4n) is 3.86. The average molecular weight is 708 g/mol. The molecule has 2 atom stereocenters. The van der Waals surface area contributed by atoms with E-state index in [1.807, 2.05) is 0 Å². The Morgan fingerprint density at radius 1 is 1.27 bits per heavy atom. The molecule has 0 aromatic carbocycles. The number of oxime groups is 1. The number of carbonyl (C=O) groups excluding carboxylic acids is 3. The molecule has 5 N–H and O–H groups in total. The number of nitrogen functional groups attached to an aromatic ring is 1. The van der Waals surface area contributed by atoms with Crippen molar-refractivity contribution in [2.45, 2.75) is 25.8 Å². The Kier molecular flexibility index (Phi) is 11.2. The van der Waals surface area contributed by atoms with Crippen LogP contribution >= 0.6 is 58.2 Å². The molecule has 2 amide bonds. The number of nitrogens with zero attached hydrogens (tertiary/aromatic N) is 7. The molecular formula is C21H18N9NaO8S5. The molecule has 17 nitrogen and oxygen atoms in total. The molecular weight excluding hydrogens is 690 g/mol. The second-order valence-electron chi connectivity index (χ2n) is 8.45. The van der Waals surface area contributed by atoms with Crippen LogP contribution in [0.15, 0.2) is 42.2 Å². The van der Waals surface area contributed by atoms with Crippen LogP contribution in [0.2, 0.25) is 0 Å². The Hall–Kier alpha value is -2.86. The molecule has 3 aromatic rings. The van der Waals surface area contributed by atoms with Crippen molar-refractivity contribution in [1.29, 1.82) is 0 Å². The van der Waals surface area contributed by atoms with E-state index in [0.29, 0.717) is 19.0 Å². The maximum absolute atomic E-state index is 13.0. The standard InChI is InChI=1S/C21H19N9O8S5.Na/c1-38-27-11(14-24-19(22)43-28-14)15(33)23-12-16(34)30-13(18(35)36)7(4-39-17(12)30)5-40-20-25-26-21(42-20)41-6-8-2-9(31)10(32)3-29(8)37;/h2-3,12,17,32,37H,4-6H2,1H3,(H,23,33)(H,35,36)(H2,22,24,28);/q;+1/p-1/b27-11-;/t12-,17+;/m1./s1. The number of amides is 2. The third-order valence-electron chi connectivity index (χ3n) is 5.77. The number of carboxylic acids is 1. The van der Waals surface area contributed by atoms with E-state index in [2.05, 4.69) is 30.0 Å². The Labute approximate surface area is 289 Å². The summed E-state index contributed by atoms with van der Waals surface area (Å²) in [6, 6.07) is 0.0693. The van der Waals surface area contributed by atoms with Crippen LogP contribution in [-0.2, 0) is 25.0 Å². The van der Waals surface area contributed by atoms with Crippen LogP contribution in [0.5, 0.6) is 5.75 Å². The number of rotatable bonds is 11. The number of carboxylic acid groups (broad SMARTS) is 1. The molecule has 0 radical (unpaired) electrons. The minimum atomic E-state index is -1.53. The van der Waals surface area contributed by atoms with Crippen LogP contribution in [0, 0.1) is 0 Å². The van der Waals surface area contributed by atoms with Gasteiger partial charge in [-0.3, -0.25) is 19.3 Å². The summed E-state index contributed by atoms with van der Waals surface area (Å²) in [5.74, 6) is -3.02. The molecule has 0 aliphatic carbocycles. The maximum atomic E-state index is 13.0. The van der Waals surface area contributed by atoms with E-state index in [9.17, 15) is 34.6 Å². The van der Waals surface area contributed by atoms with E-state index >= 15 is 0 Å². The number of carbonyl (C=O) groups is 3. The number of hydrogen-bond donors (Lipinski definition) is 4. The van der Waals surface area contributed by atoms with Gasteiger partial charge in [0.25, 0.3) is 11.8 Å². The van der Waals surface area contributed by atoms with Crippen LogP contribution in [0.4, 0.5) is 5.13 Å². The first kappa shape index (κ1) is 34.0. The van der Waals surface area contributed by atoms with E-state index in [0.717, 1.165) is 28.7 Å². The van der Waals surface area contributed by atoms with Gasteiger partial charge in [0, 0.05) is 34.9 Å². The number of hydrogen-bond acceptors (Lipinski definition) is 19. The second-order valence-corrected chi connectivity index (χ2v) is 13.8. The SMILES string of the molecule is CO/N=C(\C(=O)N[C@@H]1C(=O)N2C(C(=O)[O-])=C(CSc3nnc(SCc4cc(=O)c(O)cn4O)s3)CS[C@@H]12)c1nsc(N)n1.[Na+]. The number of aromatic nitrogens is 5. The minimum absolute atomic E-state index is 0. The zero-order valence-electron chi connectivity index (χ0n) is 22.5. The van der Waals surface area contributed by atoms with Gasteiger partial charge in [0.15, 0.2) is 19.6 Å². The van der Waals surface area contributed by atoms with Gasteiger partial charge >= 0.3 is 29.6 Å². The number of fused-ring (bicyclic) bond motifs is 1. The minimum Gasteiger partial charge on any atom is -0.543 e. The van der Waals surface area contributed by atoms with Gasteiger partial charge in [0.05, 0.1) is 23.6 Å². The van der Waals surface area contributed by atoms with Crippen LogP contribution in [0.1, 0.15) is 11.5 Å². The molecule has 0 spiro atoms. The molecule has 5 rings (SSSR count). The predicted octanol–water partition coefficient (Wildman–Crippen LogP) is -4.08. The number of aromatic hydroxyl groups is 1. The van der Waals surface area contributed by atoms with Crippen molar-refractivity contribution in [2.24, 2.45) is 5.16 Å². The molecule has 0 bridgehead atoms. The summed E-state index contributed by atoms with van der Waals surface area (Å²) in [6.07, 6.45) is 0.900. The monoisotopic (exact) mass is 707 g/mol. The first-order valence-corrected chi connectivity index (χ1v) is 16.3. The molecule has 0 saturated carbocycles. The molecule has 5 heterocycles. The van der Waals surface area contributed by atoms with E-state index in [1.54, 1.807) is 0 Å². The molecule has 44 heavy (non-hydrogen) atoms. The van der Waals surface area contributed by atoms with Gasteiger partial charge in [-0.05, 0) is 5.57 Å². The Bertz CT molecular complexity index is 1730. The van der Waals surface area contributed by atoms with Gasteiger partial charge in [-0.1, -0.05) is 40.0 Å². The third-order valence-corrected chi connectivity index (χ3v) is 11.0. The van der Waals surface area contributed by atoms with Crippen molar-refractivity contribution in [2.75, 3.05) is 24.3 Å². The summed E-state index contributed by atoms with van der Waals surface area (Å²) in [5.41, 5.74) is 5.08. The summed E-state index contributed by atoms with van der Waals surface area (Å²) in [5, 5.41) is 45.1. The van der Waals surface area contributed by atoms with Crippen molar-refractivity contribution >= 4 is 86.8 Å². The zero-order chi connectivity index (χ0) is 30.8. The van der Waals surface area contributed by atoms with Gasteiger partial charge in [0.2, 0.25) is 17.0 Å². The summed E-state index contributed by atoms with van der Waals surface area (Å²) >= 11 is 5.76. The first-order chi connectivity index (χ1) is 20.6. The van der Waals surface area contributed by atoms with Crippen molar-refractivity contribution in [3.8, 4) is 5.75 Å². The Morgan fingerprint density at radius 3 is 2.61 bits per heavy atom. The van der Waals surface area contributed by atoms with E-state index in [-0.39, 0.29) is 74.9 Å². The molecule has 1 fully saturated rings. The summed E-state index contributed by atoms with van der Waals surface area (Å²) in [6.45, 7) is 0. The fourth-order valence-corrected chi connectivity index (χ4v) is 8.76. The number of β-lactam (4-membered cyclic amide) rings is 1. The topological polar surface area (TPSA) is 251 Å². The molecule has 2 aliphatic heterocycles. The van der Waals surface area contributed by atoms with E-state index in [4.69, 9.17) is 10.6 Å². The number of nitrogens with one attached hydrogen (secondary N) is 1. The van der Waals surface area contributed by atoms with Gasteiger partial charge in [-0.2, -0.15) is 14.1 Å². The quantitative estimate of drug-likeness (QED) is 0.0369. The van der Waals surface area contributed by atoms with Gasteiger partial charge < -0.3 is 36.1 Å². The van der Waals surface area contributed by atoms with Gasteiger partial charge in [0.1, 0.15) is 18.5 Å². The smallest absolute Gasteiger partial charge is 0.543 e. The van der Waals surface area contributed by atoms with Crippen molar-refractivity contribution < 1.29 is 64.2 Å². The van der Waals surface area contributed by atoms with Crippen LogP contribution in [-0.4, -0.2) is 93.0 Å². The maximum Gasteiger partial charge on any atom is 1.00 e. The largest absolute Gasteiger partial charge is 1.00 e. The summed E-state index contributed by atoms with van der Waals surface area (Å²) in [7, 11) is 1.22. The fraction of sp³-hybridized carbons (Fsp3) is 0.286. The summed E-state index contributed by atoms with van der Waals surface area (Å²) < 4.78 is 5.63. The number of aliphatic carboxylic acids is 1. The van der Waals surface area contributed by atoms with Crippen molar-refractivity contribution in [1.82, 2.24) is 34.5 Å². The molecule has 3 aromatic heterocycles. The van der Waals surface area contributed by atoms with E-state index in [1.165, 1.54) is 53.7 Å². The van der Waals surface area contributed by atoms with Gasteiger partial charge in [-0.15, -0.1) is 22.0 Å². The average Bonchev–Trinajstić information content (AvgIpc) is 3.62. The summed E-state index contributed by atoms with van der Waals surface area (Å²) in [4.78, 5) is 59.3. The third kappa shape index (κ3) is 7.17. The van der Waals surface area contributed by atoms with Crippen molar-refractivity contribution in [3.05, 3.63) is 45.3 Å². The number of nitrogens with two attached hydrogens (primary N) is 1. The van der Waals surface area contributed by atoms with E-state index < -0.39 is 40.4 Å². The van der Waals surface area contributed by atoms with Crippen LogP contribution < -0.4 is 51.1 Å². The molecule has 1 saturated heterocycles.